The van der Waals surface area contributed by atoms with Gasteiger partial charge in [-0.05, 0) is 19.1 Å². The van der Waals surface area contributed by atoms with Crippen molar-refractivity contribution in [2.24, 2.45) is 0 Å². The predicted octanol–water partition coefficient (Wildman–Crippen LogP) is 2.06. The summed E-state index contributed by atoms with van der Waals surface area (Å²) in [4.78, 5) is 0. The second-order valence-corrected chi connectivity index (χ2v) is 5.05. The lowest BCUT2D eigenvalue weighted by Gasteiger charge is -2.40. The highest BCUT2D eigenvalue weighted by Gasteiger charge is 2.48. The lowest BCUT2D eigenvalue weighted by Crippen LogP contribution is -2.46. The van der Waals surface area contributed by atoms with Gasteiger partial charge in [-0.25, -0.2) is 0 Å². The highest BCUT2D eigenvalue weighted by Crippen LogP contribution is 2.46. The van der Waals surface area contributed by atoms with Crippen molar-refractivity contribution in [1.29, 1.82) is 0 Å². The Balaban J connectivity index is 1.99. The Morgan fingerprint density at radius 3 is 2.94 bits per heavy atom. The molecule has 0 amide bonds. The lowest BCUT2D eigenvalue weighted by molar-refractivity contribution is -0.0566. The number of hydrogen-bond acceptors (Lipinski definition) is 4. The van der Waals surface area contributed by atoms with E-state index in [2.05, 4.69) is 0 Å². The molecule has 1 aromatic rings. The third-order valence-corrected chi connectivity index (χ3v) is 4.07. The fourth-order valence-electron chi connectivity index (χ4n) is 2.87. The lowest BCUT2D eigenvalue weighted by atomic mass is 9.84. The number of hydrogen-bond donors (Lipinski definition) is 1. The summed E-state index contributed by atoms with van der Waals surface area (Å²) in [6.07, 6.45) is 0.922. The third kappa shape index (κ3) is 1.68. The van der Waals surface area contributed by atoms with Crippen LogP contribution in [0.2, 0.25) is 0 Å². The second-order valence-electron chi connectivity index (χ2n) is 5.05. The highest BCUT2D eigenvalue weighted by molar-refractivity contribution is 5.44. The van der Waals surface area contributed by atoms with E-state index in [4.69, 9.17) is 14.2 Å². The molecule has 0 radical (unpaired) electrons. The maximum absolute atomic E-state index is 10.3. The van der Waals surface area contributed by atoms with E-state index in [1.54, 1.807) is 7.11 Å². The molecule has 1 aromatic carbocycles. The molecular weight excluding hydrogens is 232 g/mol. The van der Waals surface area contributed by atoms with E-state index in [1.807, 2.05) is 25.1 Å². The van der Waals surface area contributed by atoms with Gasteiger partial charge < -0.3 is 19.3 Å². The molecule has 2 aliphatic rings. The second kappa shape index (κ2) is 4.14. The topological polar surface area (TPSA) is 47.9 Å². The maximum Gasteiger partial charge on any atom is 0.140 e. The summed E-state index contributed by atoms with van der Waals surface area (Å²) < 4.78 is 16.9. The normalized spacial score (nSPS) is 34.2. The van der Waals surface area contributed by atoms with Crippen LogP contribution in [0.3, 0.4) is 0 Å². The van der Waals surface area contributed by atoms with Crippen LogP contribution in [0, 0.1) is 0 Å². The Kier molecular flexibility index (Phi) is 2.72. The third-order valence-electron chi connectivity index (χ3n) is 4.07. The molecule has 98 valence electrons. The molecule has 0 saturated carbocycles. The summed E-state index contributed by atoms with van der Waals surface area (Å²) >= 11 is 0. The minimum absolute atomic E-state index is 0.00602. The first-order valence-electron chi connectivity index (χ1n) is 6.31. The van der Waals surface area contributed by atoms with Crippen LogP contribution in [0.25, 0.3) is 0 Å². The van der Waals surface area contributed by atoms with Crippen LogP contribution in [0.4, 0.5) is 0 Å². The van der Waals surface area contributed by atoms with Gasteiger partial charge in [-0.2, -0.15) is 0 Å². The fourth-order valence-corrected chi connectivity index (χ4v) is 2.87. The summed E-state index contributed by atoms with van der Waals surface area (Å²) in [6.45, 7) is 2.69. The summed E-state index contributed by atoms with van der Waals surface area (Å²) in [6, 6.07) is 5.55. The first-order chi connectivity index (χ1) is 8.64. The van der Waals surface area contributed by atoms with Crippen LogP contribution >= 0.6 is 0 Å². The Bertz CT molecular complexity index is 459. The Morgan fingerprint density at radius 2 is 2.28 bits per heavy atom. The molecule has 1 saturated heterocycles. The van der Waals surface area contributed by atoms with Gasteiger partial charge in [0, 0.05) is 24.5 Å². The molecule has 18 heavy (non-hydrogen) atoms. The summed E-state index contributed by atoms with van der Waals surface area (Å²) in [5.41, 5.74) is 0.444. The van der Waals surface area contributed by atoms with E-state index in [0.29, 0.717) is 18.8 Å². The molecule has 2 heterocycles. The molecule has 1 spiro atoms. The van der Waals surface area contributed by atoms with Gasteiger partial charge in [0.1, 0.15) is 17.1 Å². The smallest absolute Gasteiger partial charge is 0.140 e. The number of ether oxygens (including phenoxy) is 3. The average Bonchev–Trinajstić information content (AvgIpc) is 2.69. The quantitative estimate of drug-likeness (QED) is 0.828. The van der Waals surface area contributed by atoms with E-state index in [1.165, 1.54) is 0 Å². The summed E-state index contributed by atoms with van der Waals surface area (Å²) in [5.74, 6) is 1.45. The van der Waals surface area contributed by atoms with Crippen molar-refractivity contribution in [2.45, 2.75) is 37.6 Å². The van der Waals surface area contributed by atoms with Crippen molar-refractivity contribution in [3.8, 4) is 11.5 Å². The minimum atomic E-state index is -0.496. The van der Waals surface area contributed by atoms with Crippen molar-refractivity contribution in [2.75, 3.05) is 13.7 Å². The van der Waals surface area contributed by atoms with Gasteiger partial charge in [-0.15, -0.1) is 0 Å². The summed E-state index contributed by atoms with van der Waals surface area (Å²) in [5, 5.41) is 10.3. The van der Waals surface area contributed by atoms with E-state index in [9.17, 15) is 5.11 Å². The number of aliphatic hydroxyl groups is 1. The van der Waals surface area contributed by atoms with Crippen molar-refractivity contribution in [3.05, 3.63) is 23.8 Å². The first-order valence-corrected chi connectivity index (χ1v) is 6.31. The van der Waals surface area contributed by atoms with Gasteiger partial charge in [-0.3, -0.25) is 0 Å². The SMILES string of the molecule is COc1ccc2c(c1)OC1(CCOC1C)C[C@H]2O. The number of rotatable bonds is 1. The molecule has 4 nitrogen and oxygen atoms in total. The summed E-state index contributed by atoms with van der Waals surface area (Å²) in [7, 11) is 1.62. The molecule has 0 aromatic heterocycles. The number of methoxy groups -OCH3 is 1. The Morgan fingerprint density at radius 1 is 1.44 bits per heavy atom. The molecule has 0 bridgehead atoms. The zero-order valence-corrected chi connectivity index (χ0v) is 10.7. The van der Waals surface area contributed by atoms with Crippen LogP contribution in [0.5, 0.6) is 11.5 Å². The van der Waals surface area contributed by atoms with Crippen molar-refractivity contribution < 1.29 is 19.3 Å². The molecule has 3 atom stereocenters. The zero-order chi connectivity index (χ0) is 12.8. The maximum atomic E-state index is 10.3. The molecule has 4 heteroatoms. The van der Waals surface area contributed by atoms with Crippen LogP contribution in [0.15, 0.2) is 18.2 Å². The van der Waals surface area contributed by atoms with E-state index < -0.39 is 11.7 Å². The largest absolute Gasteiger partial charge is 0.497 e. The van der Waals surface area contributed by atoms with Gasteiger partial charge in [0.15, 0.2) is 0 Å². The van der Waals surface area contributed by atoms with Crippen molar-refractivity contribution in [3.63, 3.8) is 0 Å². The van der Waals surface area contributed by atoms with Crippen LogP contribution < -0.4 is 9.47 Å². The van der Waals surface area contributed by atoms with E-state index in [-0.39, 0.29) is 6.10 Å². The van der Waals surface area contributed by atoms with Crippen LogP contribution in [-0.4, -0.2) is 30.5 Å². The van der Waals surface area contributed by atoms with Crippen molar-refractivity contribution >= 4 is 0 Å². The number of benzene rings is 1. The number of fused-ring (bicyclic) bond motifs is 1. The molecular formula is C14H18O4. The molecule has 1 N–H and O–H groups in total. The van der Waals surface area contributed by atoms with Gasteiger partial charge in [0.25, 0.3) is 0 Å². The molecule has 1 fully saturated rings. The monoisotopic (exact) mass is 250 g/mol. The van der Waals surface area contributed by atoms with E-state index >= 15 is 0 Å². The van der Waals surface area contributed by atoms with Crippen molar-refractivity contribution in [1.82, 2.24) is 0 Å². The van der Waals surface area contributed by atoms with Gasteiger partial charge in [0.05, 0.1) is 25.9 Å². The van der Waals surface area contributed by atoms with Gasteiger partial charge in [0.2, 0.25) is 0 Å². The first kappa shape index (κ1) is 11.8. The van der Waals surface area contributed by atoms with Gasteiger partial charge in [-0.1, -0.05) is 0 Å². The minimum Gasteiger partial charge on any atom is -0.497 e. The van der Waals surface area contributed by atoms with Crippen LogP contribution in [0.1, 0.15) is 31.4 Å². The standard InChI is InChI=1S/C14H18O4/c1-9-14(5-6-17-9)8-12(15)11-4-3-10(16-2)7-13(11)18-14/h3-4,7,9,12,15H,5-6,8H2,1-2H3/t9?,12-,14?/m1/s1. The molecule has 2 aliphatic heterocycles. The van der Waals surface area contributed by atoms with E-state index in [0.717, 1.165) is 17.7 Å². The highest BCUT2D eigenvalue weighted by atomic mass is 16.6. The molecule has 2 unspecified atom stereocenters. The molecule has 3 rings (SSSR count). The zero-order valence-electron chi connectivity index (χ0n) is 10.7. The van der Waals surface area contributed by atoms with Crippen LogP contribution in [-0.2, 0) is 4.74 Å². The Labute approximate surface area is 106 Å². The Hall–Kier alpha value is -1.26. The molecule has 0 aliphatic carbocycles. The number of aliphatic hydroxyl groups excluding tert-OH is 1. The average molecular weight is 250 g/mol. The van der Waals surface area contributed by atoms with Gasteiger partial charge >= 0.3 is 0 Å². The predicted molar refractivity (Wildman–Crippen MR) is 66.0 cm³/mol. The fraction of sp³-hybridized carbons (Fsp3) is 0.571.